The highest BCUT2D eigenvalue weighted by molar-refractivity contribution is 5.85. The fourth-order valence-corrected chi connectivity index (χ4v) is 6.11. The molecule has 4 aromatic carbocycles. The van der Waals surface area contributed by atoms with E-state index in [9.17, 15) is 0 Å². The van der Waals surface area contributed by atoms with Gasteiger partial charge in [-0.1, -0.05) is 119 Å². The Kier molecular flexibility index (Phi) is 10.00. The number of aryl methyl sites for hydroxylation is 4. The van der Waals surface area contributed by atoms with Gasteiger partial charge in [-0.05, 0) is 27.7 Å². The summed E-state index contributed by atoms with van der Waals surface area (Å²) in [7, 11) is 3.37. The van der Waals surface area contributed by atoms with Crippen molar-refractivity contribution in [2.45, 2.75) is 40.2 Å². The topological polar surface area (TPSA) is 94.9 Å². The van der Waals surface area contributed by atoms with Gasteiger partial charge in [0.05, 0.1) is 47.9 Å². The van der Waals surface area contributed by atoms with Crippen molar-refractivity contribution in [3.8, 4) is 50.8 Å². The Bertz CT molecular complexity index is 2320. The summed E-state index contributed by atoms with van der Waals surface area (Å²) in [5.74, 6) is 1.54. The summed E-state index contributed by atoms with van der Waals surface area (Å²) < 4.78 is 10.8. The Labute approximate surface area is 305 Å². The molecule has 0 amide bonds. The summed E-state index contributed by atoms with van der Waals surface area (Å²) in [5, 5.41) is 3.37. The van der Waals surface area contributed by atoms with E-state index in [1.807, 2.05) is 6.07 Å². The summed E-state index contributed by atoms with van der Waals surface area (Å²) in [4.78, 5) is 24.1. The van der Waals surface area contributed by atoms with Crippen LogP contribution in [0.4, 0.5) is 5.82 Å². The summed E-state index contributed by atoms with van der Waals surface area (Å²) in [5.41, 5.74) is 14.9. The van der Waals surface area contributed by atoms with Crippen molar-refractivity contribution in [2.75, 3.05) is 26.1 Å². The summed E-state index contributed by atoms with van der Waals surface area (Å²) in [6.45, 7) is 9.09. The lowest BCUT2D eigenvalue weighted by Crippen LogP contribution is -2.31. The Hall–Kier alpha value is -5.99. The molecule has 4 heterocycles. The first-order valence-corrected chi connectivity index (χ1v) is 17.5. The third-order valence-electron chi connectivity index (χ3n) is 9.25. The molecule has 7 aromatic rings. The minimum atomic E-state index is 0.132. The lowest BCUT2D eigenvalue weighted by atomic mass is 10.0. The lowest BCUT2D eigenvalue weighted by Gasteiger charge is -2.25. The summed E-state index contributed by atoms with van der Waals surface area (Å²) in [6, 6.07) is 35.5. The number of nitrogens with one attached hydrogen (secondary N) is 1. The van der Waals surface area contributed by atoms with E-state index < -0.39 is 0 Å². The molecule has 0 radical (unpaired) electrons. The lowest BCUT2D eigenvalue weighted by molar-refractivity contribution is 0.110. The molecule has 52 heavy (non-hydrogen) atoms. The molecule has 3 aromatic heterocycles. The normalized spacial score (nSPS) is 13.5. The van der Waals surface area contributed by atoms with Crippen LogP contribution in [-0.4, -0.2) is 51.8 Å². The van der Waals surface area contributed by atoms with Crippen LogP contribution in [-0.2, 0) is 11.2 Å². The minimum absolute atomic E-state index is 0.132. The van der Waals surface area contributed by atoms with Gasteiger partial charge in [0.1, 0.15) is 17.1 Å². The van der Waals surface area contributed by atoms with E-state index in [0.717, 1.165) is 75.0 Å². The van der Waals surface area contributed by atoms with Crippen LogP contribution in [0.25, 0.3) is 56.2 Å². The highest BCUT2D eigenvalue weighted by Gasteiger charge is 2.24. The van der Waals surface area contributed by atoms with Crippen LogP contribution < -0.4 is 10.1 Å². The van der Waals surface area contributed by atoms with E-state index in [1.54, 1.807) is 20.4 Å². The zero-order valence-electron chi connectivity index (χ0n) is 30.4. The standard InChI is InChI=1S/C22H23N3O.C22H19N3O/c2*1-14-4-8-16(9-5-14)20-21(17-10-6-15(2)7-11-17)25-22-19(24-20)12-18(26-3)13-23-22/h4-11,18H,12-13H2,1-3H3,(H,23,25);4-13H,1-3H3. The number of hydrogen-bond acceptors (Lipinski definition) is 8. The van der Waals surface area contributed by atoms with Crippen LogP contribution in [0.3, 0.4) is 0 Å². The zero-order valence-corrected chi connectivity index (χ0v) is 30.4. The number of nitrogens with zero attached hydrogens (tertiary/aromatic N) is 5. The molecule has 0 saturated carbocycles. The maximum absolute atomic E-state index is 5.51. The molecular formula is C44H42N6O2. The molecule has 0 saturated heterocycles. The van der Waals surface area contributed by atoms with Crippen molar-refractivity contribution in [3.05, 3.63) is 137 Å². The van der Waals surface area contributed by atoms with Crippen molar-refractivity contribution in [2.24, 2.45) is 0 Å². The van der Waals surface area contributed by atoms with Gasteiger partial charge in [-0.25, -0.2) is 24.9 Å². The summed E-state index contributed by atoms with van der Waals surface area (Å²) >= 11 is 0. The Morgan fingerprint density at radius 2 is 1.00 bits per heavy atom. The fourth-order valence-electron chi connectivity index (χ4n) is 6.11. The van der Waals surface area contributed by atoms with E-state index >= 15 is 0 Å². The number of ether oxygens (including phenoxy) is 2. The summed E-state index contributed by atoms with van der Waals surface area (Å²) in [6.07, 6.45) is 2.58. The number of fused-ring (bicyclic) bond motifs is 2. The molecule has 1 aliphatic rings. The van der Waals surface area contributed by atoms with Crippen LogP contribution >= 0.6 is 0 Å². The fraction of sp³-hybridized carbons (Fsp3) is 0.205. The molecule has 1 atom stereocenters. The van der Waals surface area contributed by atoms with Crippen LogP contribution in [0, 0.1) is 27.7 Å². The predicted molar refractivity (Wildman–Crippen MR) is 210 cm³/mol. The SMILES string of the molecule is COC1CNc2nc(-c3ccc(C)cc3)c(-c3ccc(C)cc3)nc2C1.COc1cnc2nc(-c3ccc(C)cc3)c(-c3ccc(C)cc3)nc2c1. The Morgan fingerprint density at radius 3 is 1.46 bits per heavy atom. The molecule has 260 valence electrons. The number of benzene rings is 4. The maximum atomic E-state index is 5.51. The number of rotatable bonds is 6. The van der Waals surface area contributed by atoms with Gasteiger partial charge in [0.25, 0.3) is 0 Å². The van der Waals surface area contributed by atoms with Gasteiger partial charge in [-0.3, -0.25) is 0 Å². The van der Waals surface area contributed by atoms with Gasteiger partial charge in [0, 0.05) is 48.4 Å². The van der Waals surface area contributed by atoms with Gasteiger partial charge >= 0.3 is 0 Å². The van der Waals surface area contributed by atoms with Crippen molar-refractivity contribution >= 4 is 17.0 Å². The first-order chi connectivity index (χ1) is 25.3. The van der Waals surface area contributed by atoms with E-state index in [2.05, 4.69) is 135 Å². The number of methoxy groups -OCH3 is 2. The van der Waals surface area contributed by atoms with Gasteiger partial charge in [-0.2, -0.15) is 0 Å². The molecule has 1 aliphatic heterocycles. The molecule has 0 aliphatic carbocycles. The molecule has 8 heteroatoms. The van der Waals surface area contributed by atoms with Gasteiger partial charge < -0.3 is 14.8 Å². The third-order valence-corrected chi connectivity index (χ3v) is 9.25. The van der Waals surface area contributed by atoms with Crippen molar-refractivity contribution < 1.29 is 9.47 Å². The van der Waals surface area contributed by atoms with E-state index in [4.69, 9.17) is 29.4 Å². The monoisotopic (exact) mass is 686 g/mol. The van der Waals surface area contributed by atoms with Crippen molar-refractivity contribution in [3.63, 3.8) is 0 Å². The molecule has 0 fully saturated rings. The molecule has 8 rings (SSSR count). The van der Waals surface area contributed by atoms with Gasteiger partial charge in [-0.15, -0.1) is 0 Å². The molecular weight excluding hydrogens is 645 g/mol. The smallest absolute Gasteiger partial charge is 0.179 e. The van der Waals surface area contributed by atoms with E-state index in [1.165, 1.54) is 22.3 Å². The Balaban J connectivity index is 0.000000162. The number of pyridine rings is 1. The Morgan fingerprint density at radius 1 is 0.558 bits per heavy atom. The molecule has 0 spiro atoms. The molecule has 1 N–H and O–H groups in total. The molecule has 8 nitrogen and oxygen atoms in total. The second kappa shape index (κ2) is 15.1. The second-order valence-corrected chi connectivity index (χ2v) is 13.3. The van der Waals surface area contributed by atoms with Crippen LogP contribution in [0.5, 0.6) is 5.75 Å². The molecule has 1 unspecified atom stereocenters. The second-order valence-electron chi connectivity index (χ2n) is 13.3. The highest BCUT2D eigenvalue weighted by Crippen LogP contribution is 2.34. The number of aromatic nitrogens is 5. The first-order valence-electron chi connectivity index (χ1n) is 17.5. The van der Waals surface area contributed by atoms with Gasteiger partial charge in [0.15, 0.2) is 5.65 Å². The number of hydrogen-bond donors (Lipinski definition) is 1. The van der Waals surface area contributed by atoms with Crippen LogP contribution in [0.1, 0.15) is 27.9 Å². The maximum Gasteiger partial charge on any atom is 0.179 e. The minimum Gasteiger partial charge on any atom is -0.495 e. The molecule has 0 bridgehead atoms. The number of anilines is 1. The average Bonchev–Trinajstić information content (AvgIpc) is 3.18. The van der Waals surface area contributed by atoms with Crippen LogP contribution in [0.15, 0.2) is 109 Å². The van der Waals surface area contributed by atoms with E-state index in [-0.39, 0.29) is 6.10 Å². The van der Waals surface area contributed by atoms with Crippen LogP contribution in [0.2, 0.25) is 0 Å². The van der Waals surface area contributed by atoms with Gasteiger partial charge in [0.2, 0.25) is 0 Å². The zero-order chi connectivity index (χ0) is 36.2. The first kappa shape index (κ1) is 34.5. The highest BCUT2D eigenvalue weighted by atomic mass is 16.5. The third kappa shape index (κ3) is 7.53. The quantitative estimate of drug-likeness (QED) is 0.185. The van der Waals surface area contributed by atoms with Crippen molar-refractivity contribution in [1.29, 1.82) is 0 Å². The van der Waals surface area contributed by atoms with Crippen molar-refractivity contribution in [1.82, 2.24) is 24.9 Å². The average molecular weight is 687 g/mol. The largest absolute Gasteiger partial charge is 0.495 e. The van der Waals surface area contributed by atoms with E-state index in [0.29, 0.717) is 11.4 Å². The predicted octanol–water partition coefficient (Wildman–Crippen LogP) is 9.39.